The molecule has 1 aliphatic heterocycles. The van der Waals surface area contributed by atoms with Crippen LogP contribution in [0.5, 0.6) is 5.75 Å². The van der Waals surface area contributed by atoms with Crippen LogP contribution in [0.3, 0.4) is 0 Å². The van der Waals surface area contributed by atoms with Crippen LogP contribution >= 0.6 is 24.0 Å². The molecule has 1 fully saturated rings. The van der Waals surface area contributed by atoms with Gasteiger partial charge >= 0.3 is 0 Å². The second-order valence-corrected chi connectivity index (χ2v) is 7.40. The molecule has 0 saturated carbocycles. The van der Waals surface area contributed by atoms with Gasteiger partial charge in [-0.15, -0.1) is 24.0 Å². The molecular formula is C23H32FIN4O2. The van der Waals surface area contributed by atoms with E-state index in [0.29, 0.717) is 24.8 Å². The maximum absolute atomic E-state index is 13.3. The third-order valence-electron chi connectivity index (χ3n) is 4.91. The van der Waals surface area contributed by atoms with Gasteiger partial charge in [0, 0.05) is 39.3 Å². The number of hydrogen-bond acceptors (Lipinski definition) is 4. The molecule has 1 unspecified atom stereocenters. The van der Waals surface area contributed by atoms with E-state index < -0.39 is 0 Å². The first-order valence-corrected chi connectivity index (χ1v) is 10.4. The normalized spacial score (nSPS) is 15.6. The molecule has 1 saturated heterocycles. The van der Waals surface area contributed by atoms with Gasteiger partial charge in [0.25, 0.3) is 0 Å². The zero-order valence-electron chi connectivity index (χ0n) is 18.1. The van der Waals surface area contributed by atoms with E-state index in [9.17, 15) is 4.39 Å². The molecule has 1 aliphatic rings. The van der Waals surface area contributed by atoms with E-state index in [-0.39, 0.29) is 35.9 Å². The van der Waals surface area contributed by atoms with E-state index in [1.54, 1.807) is 19.2 Å². The highest BCUT2D eigenvalue weighted by Crippen LogP contribution is 2.13. The van der Waals surface area contributed by atoms with Gasteiger partial charge in [-0.3, -0.25) is 9.89 Å². The summed E-state index contributed by atoms with van der Waals surface area (Å²) in [5, 5.41) is 6.55. The number of nitrogens with one attached hydrogen (secondary N) is 2. The van der Waals surface area contributed by atoms with Crippen LogP contribution in [0.4, 0.5) is 4.39 Å². The molecule has 2 aromatic carbocycles. The Hall–Kier alpha value is -1.91. The molecule has 0 spiro atoms. The highest BCUT2D eigenvalue weighted by molar-refractivity contribution is 14.0. The summed E-state index contributed by atoms with van der Waals surface area (Å²) in [5.41, 5.74) is 2.50. The fraction of sp³-hybridized carbons (Fsp3) is 0.435. The minimum Gasteiger partial charge on any atom is -0.489 e. The van der Waals surface area contributed by atoms with Crippen LogP contribution < -0.4 is 15.4 Å². The number of ether oxygens (including phenoxy) is 2. The van der Waals surface area contributed by atoms with Crippen molar-refractivity contribution in [1.29, 1.82) is 0 Å². The minimum absolute atomic E-state index is 0. The van der Waals surface area contributed by atoms with Crippen molar-refractivity contribution in [2.45, 2.75) is 26.1 Å². The molecule has 0 bridgehead atoms. The fourth-order valence-corrected chi connectivity index (χ4v) is 3.24. The Balaban J connectivity index is 0.00000341. The lowest BCUT2D eigenvalue weighted by atomic mass is 10.1. The van der Waals surface area contributed by atoms with Gasteiger partial charge in [0.15, 0.2) is 5.96 Å². The number of benzene rings is 2. The number of rotatable bonds is 8. The van der Waals surface area contributed by atoms with E-state index in [4.69, 9.17) is 9.47 Å². The standard InChI is InChI=1S/C23H31FN4O2.HI/c1-18(30-22-5-3-4-21(24)14-22)15-26-23(25-2)27-16-19-6-8-20(9-7-19)17-28-10-12-29-13-11-28;/h3-9,14,18H,10-13,15-17H2,1-2H3,(H2,25,26,27);1H. The summed E-state index contributed by atoms with van der Waals surface area (Å²) in [4.78, 5) is 6.66. The number of halogens is 2. The van der Waals surface area contributed by atoms with Crippen molar-refractivity contribution in [3.8, 4) is 5.75 Å². The molecule has 6 nitrogen and oxygen atoms in total. The van der Waals surface area contributed by atoms with Gasteiger partial charge in [-0.25, -0.2) is 4.39 Å². The van der Waals surface area contributed by atoms with Crippen molar-refractivity contribution < 1.29 is 13.9 Å². The largest absolute Gasteiger partial charge is 0.489 e. The lowest BCUT2D eigenvalue weighted by Gasteiger charge is -2.26. The quantitative estimate of drug-likeness (QED) is 0.304. The average molecular weight is 542 g/mol. The van der Waals surface area contributed by atoms with Gasteiger partial charge in [-0.2, -0.15) is 0 Å². The smallest absolute Gasteiger partial charge is 0.191 e. The predicted molar refractivity (Wildman–Crippen MR) is 133 cm³/mol. The topological polar surface area (TPSA) is 58.1 Å². The van der Waals surface area contributed by atoms with Gasteiger partial charge in [-0.05, 0) is 30.2 Å². The van der Waals surface area contributed by atoms with Crippen LogP contribution in [0, 0.1) is 5.82 Å². The SMILES string of the molecule is CN=C(NCc1ccc(CN2CCOCC2)cc1)NCC(C)Oc1cccc(F)c1.I. The van der Waals surface area contributed by atoms with Crippen LogP contribution in [0.1, 0.15) is 18.1 Å². The van der Waals surface area contributed by atoms with Crippen LogP contribution in [0.2, 0.25) is 0 Å². The third kappa shape index (κ3) is 9.00. The van der Waals surface area contributed by atoms with Gasteiger partial charge < -0.3 is 20.1 Å². The molecule has 3 rings (SSSR count). The molecule has 170 valence electrons. The summed E-state index contributed by atoms with van der Waals surface area (Å²) in [7, 11) is 1.73. The maximum Gasteiger partial charge on any atom is 0.191 e. The van der Waals surface area contributed by atoms with Gasteiger partial charge in [-0.1, -0.05) is 30.3 Å². The van der Waals surface area contributed by atoms with E-state index >= 15 is 0 Å². The van der Waals surface area contributed by atoms with Crippen molar-refractivity contribution in [3.05, 3.63) is 65.5 Å². The Bertz CT molecular complexity index is 813. The Morgan fingerprint density at radius 3 is 2.52 bits per heavy atom. The van der Waals surface area contributed by atoms with E-state index in [1.165, 1.54) is 23.3 Å². The zero-order valence-corrected chi connectivity index (χ0v) is 20.5. The van der Waals surface area contributed by atoms with Crippen molar-refractivity contribution in [3.63, 3.8) is 0 Å². The van der Waals surface area contributed by atoms with Crippen molar-refractivity contribution in [1.82, 2.24) is 15.5 Å². The summed E-state index contributed by atoms with van der Waals surface area (Å²) in [6, 6.07) is 14.8. The first kappa shape index (κ1) is 25.4. The number of hydrogen-bond donors (Lipinski definition) is 2. The first-order valence-electron chi connectivity index (χ1n) is 10.4. The summed E-state index contributed by atoms with van der Waals surface area (Å²) in [6.07, 6.45) is -0.134. The van der Waals surface area contributed by atoms with Crippen LogP contribution in [-0.4, -0.2) is 56.9 Å². The molecule has 1 heterocycles. The first-order chi connectivity index (χ1) is 14.6. The zero-order chi connectivity index (χ0) is 21.2. The van der Waals surface area contributed by atoms with Crippen molar-refractivity contribution >= 4 is 29.9 Å². The maximum atomic E-state index is 13.3. The summed E-state index contributed by atoms with van der Waals surface area (Å²) in [6.45, 7) is 7.74. The van der Waals surface area contributed by atoms with Gasteiger partial charge in [0.2, 0.25) is 0 Å². The van der Waals surface area contributed by atoms with Gasteiger partial charge in [0.1, 0.15) is 17.7 Å². The van der Waals surface area contributed by atoms with Crippen LogP contribution in [-0.2, 0) is 17.8 Å². The Kier molecular flexibility index (Phi) is 11.0. The van der Waals surface area contributed by atoms with Crippen LogP contribution in [0.15, 0.2) is 53.5 Å². The van der Waals surface area contributed by atoms with Gasteiger partial charge in [0.05, 0.1) is 19.8 Å². The molecule has 2 aromatic rings. The molecule has 0 aliphatic carbocycles. The average Bonchev–Trinajstić information content (AvgIpc) is 2.76. The molecule has 8 heteroatoms. The molecule has 0 amide bonds. The Morgan fingerprint density at radius 1 is 1.13 bits per heavy atom. The molecule has 0 radical (unpaired) electrons. The monoisotopic (exact) mass is 542 g/mol. The lowest BCUT2D eigenvalue weighted by molar-refractivity contribution is 0.0342. The number of guanidine groups is 1. The summed E-state index contributed by atoms with van der Waals surface area (Å²) in [5.74, 6) is 0.910. The van der Waals surface area contributed by atoms with Crippen molar-refractivity contribution in [2.75, 3.05) is 39.9 Å². The molecule has 31 heavy (non-hydrogen) atoms. The molecule has 0 aromatic heterocycles. The second kappa shape index (κ2) is 13.5. The Morgan fingerprint density at radius 2 is 1.84 bits per heavy atom. The Labute approximate surface area is 201 Å². The highest BCUT2D eigenvalue weighted by atomic mass is 127. The number of aliphatic imine (C=N–C) groups is 1. The lowest BCUT2D eigenvalue weighted by Crippen LogP contribution is -2.41. The summed E-state index contributed by atoms with van der Waals surface area (Å²) >= 11 is 0. The number of nitrogens with zero attached hydrogens (tertiary/aromatic N) is 2. The van der Waals surface area contributed by atoms with E-state index in [1.807, 2.05) is 6.92 Å². The second-order valence-electron chi connectivity index (χ2n) is 7.40. The minimum atomic E-state index is -0.305. The predicted octanol–water partition coefficient (Wildman–Crippen LogP) is 3.41. The van der Waals surface area contributed by atoms with Crippen LogP contribution in [0.25, 0.3) is 0 Å². The third-order valence-corrected chi connectivity index (χ3v) is 4.91. The van der Waals surface area contributed by atoms with E-state index in [2.05, 4.69) is 44.8 Å². The highest BCUT2D eigenvalue weighted by Gasteiger charge is 2.10. The fourth-order valence-electron chi connectivity index (χ4n) is 3.24. The summed E-state index contributed by atoms with van der Waals surface area (Å²) < 4.78 is 24.4. The molecule has 2 N–H and O–H groups in total. The van der Waals surface area contributed by atoms with E-state index in [0.717, 1.165) is 32.8 Å². The molecule has 1 atom stereocenters. The number of morpholine rings is 1. The molecular weight excluding hydrogens is 510 g/mol. The van der Waals surface area contributed by atoms with Crippen molar-refractivity contribution in [2.24, 2.45) is 4.99 Å².